The second-order valence-electron chi connectivity index (χ2n) is 5.89. The Morgan fingerprint density at radius 3 is 2.39 bits per heavy atom. The van der Waals surface area contributed by atoms with Gasteiger partial charge in [0.2, 0.25) is 5.91 Å². The second-order valence-corrected chi connectivity index (χ2v) is 5.89. The molecule has 1 atom stereocenters. The van der Waals surface area contributed by atoms with Gasteiger partial charge in [0.1, 0.15) is 11.6 Å². The number of benzene rings is 1. The number of halogens is 2. The zero-order chi connectivity index (χ0) is 16.4. The van der Waals surface area contributed by atoms with Crippen molar-refractivity contribution in [3.8, 4) is 0 Å². The first-order chi connectivity index (χ1) is 11.1. The van der Waals surface area contributed by atoms with Crippen molar-refractivity contribution in [3.63, 3.8) is 0 Å². The van der Waals surface area contributed by atoms with E-state index in [-0.39, 0.29) is 17.5 Å². The minimum Gasteiger partial charge on any atom is -0.338 e. The van der Waals surface area contributed by atoms with Crippen LogP contribution in [0.15, 0.2) is 18.2 Å². The van der Waals surface area contributed by atoms with Gasteiger partial charge in [-0.05, 0) is 31.5 Å². The Kier molecular flexibility index (Phi) is 4.56. The Balaban J connectivity index is 1.60. The van der Waals surface area contributed by atoms with Gasteiger partial charge in [-0.15, -0.1) is 0 Å². The third-order valence-corrected chi connectivity index (χ3v) is 4.40. The van der Waals surface area contributed by atoms with E-state index in [4.69, 9.17) is 0 Å². The third-order valence-electron chi connectivity index (χ3n) is 4.40. The molecule has 1 aromatic rings. The summed E-state index contributed by atoms with van der Waals surface area (Å²) in [6, 6.07) is 2.82. The average molecular weight is 323 g/mol. The number of carbonyl (C=O) groups excluding carboxylic acids is 2. The van der Waals surface area contributed by atoms with Crippen LogP contribution in [-0.2, 0) is 4.79 Å². The standard InChI is InChI=1S/C16H19F2N3O2/c17-11-3-4-12(13(18)10-11)15(22)20-6-8-21(9-7-20)16(23)14-2-1-5-19-14/h3-4,10,14,19H,1-2,5-9H2/t14-/m0/s1. The van der Waals surface area contributed by atoms with Gasteiger partial charge in [-0.1, -0.05) is 0 Å². The molecular weight excluding hydrogens is 304 g/mol. The van der Waals surface area contributed by atoms with Gasteiger partial charge >= 0.3 is 0 Å². The van der Waals surface area contributed by atoms with Crippen LogP contribution in [0, 0.1) is 11.6 Å². The lowest BCUT2D eigenvalue weighted by Crippen LogP contribution is -2.54. The summed E-state index contributed by atoms with van der Waals surface area (Å²) < 4.78 is 26.6. The van der Waals surface area contributed by atoms with Gasteiger partial charge in [-0.3, -0.25) is 9.59 Å². The number of piperazine rings is 1. The van der Waals surface area contributed by atoms with Gasteiger partial charge in [0.15, 0.2) is 0 Å². The van der Waals surface area contributed by atoms with Crippen molar-refractivity contribution >= 4 is 11.8 Å². The largest absolute Gasteiger partial charge is 0.338 e. The fourth-order valence-corrected chi connectivity index (χ4v) is 3.08. The molecule has 0 aromatic heterocycles. The number of rotatable bonds is 2. The molecule has 3 rings (SSSR count). The molecule has 23 heavy (non-hydrogen) atoms. The maximum absolute atomic E-state index is 13.7. The fourth-order valence-electron chi connectivity index (χ4n) is 3.08. The Bertz CT molecular complexity index is 609. The summed E-state index contributed by atoms with van der Waals surface area (Å²) in [5.74, 6) is -1.96. The Labute approximate surface area is 133 Å². The van der Waals surface area contributed by atoms with E-state index in [0.717, 1.165) is 31.5 Å². The summed E-state index contributed by atoms with van der Waals surface area (Å²) in [7, 11) is 0. The molecule has 0 spiro atoms. The third kappa shape index (κ3) is 3.34. The lowest BCUT2D eigenvalue weighted by atomic mass is 10.1. The zero-order valence-electron chi connectivity index (χ0n) is 12.7. The lowest BCUT2D eigenvalue weighted by Gasteiger charge is -2.36. The number of carbonyl (C=O) groups is 2. The molecule has 1 aromatic carbocycles. The van der Waals surface area contributed by atoms with E-state index >= 15 is 0 Å². The highest BCUT2D eigenvalue weighted by Crippen LogP contribution is 2.15. The first-order valence-corrected chi connectivity index (χ1v) is 7.83. The molecule has 2 amide bonds. The minimum atomic E-state index is -0.858. The Hall–Kier alpha value is -2.02. The van der Waals surface area contributed by atoms with Crippen LogP contribution in [0.2, 0.25) is 0 Å². The van der Waals surface area contributed by atoms with Crippen LogP contribution in [0.3, 0.4) is 0 Å². The summed E-state index contributed by atoms with van der Waals surface area (Å²) in [6.07, 6.45) is 1.84. The second kappa shape index (κ2) is 6.62. The number of nitrogens with zero attached hydrogens (tertiary/aromatic N) is 2. The van der Waals surface area contributed by atoms with Crippen molar-refractivity contribution in [2.75, 3.05) is 32.7 Å². The molecule has 124 valence electrons. The normalized spacial score (nSPS) is 21.6. The van der Waals surface area contributed by atoms with Crippen LogP contribution >= 0.6 is 0 Å². The molecule has 7 heteroatoms. The van der Waals surface area contributed by atoms with Crippen molar-refractivity contribution in [1.82, 2.24) is 15.1 Å². The van der Waals surface area contributed by atoms with Gasteiger partial charge in [0.25, 0.3) is 5.91 Å². The highest BCUT2D eigenvalue weighted by molar-refractivity contribution is 5.94. The van der Waals surface area contributed by atoms with E-state index in [9.17, 15) is 18.4 Å². The molecule has 2 saturated heterocycles. The molecule has 5 nitrogen and oxygen atoms in total. The maximum atomic E-state index is 13.7. The van der Waals surface area contributed by atoms with Crippen LogP contribution in [-0.4, -0.2) is 60.4 Å². The van der Waals surface area contributed by atoms with Crippen LogP contribution in [0.5, 0.6) is 0 Å². The molecule has 2 heterocycles. The molecular formula is C16H19F2N3O2. The monoisotopic (exact) mass is 323 g/mol. The SMILES string of the molecule is O=C(c1ccc(F)cc1F)N1CCN(C(=O)[C@@H]2CCCN2)CC1. The van der Waals surface area contributed by atoms with Crippen molar-refractivity contribution in [1.29, 1.82) is 0 Å². The first-order valence-electron chi connectivity index (χ1n) is 7.83. The van der Waals surface area contributed by atoms with E-state index in [1.165, 1.54) is 4.90 Å². The Morgan fingerprint density at radius 2 is 1.78 bits per heavy atom. The van der Waals surface area contributed by atoms with Gasteiger partial charge < -0.3 is 15.1 Å². The number of nitrogens with one attached hydrogen (secondary N) is 1. The van der Waals surface area contributed by atoms with Gasteiger partial charge in [-0.2, -0.15) is 0 Å². The zero-order valence-corrected chi connectivity index (χ0v) is 12.7. The lowest BCUT2D eigenvalue weighted by molar-refractivity contribution is -0.134. The molecule has 1 N–H and O–H groups in total. The number of amides is 2. The molecule has 0 radical (unpaired) electrons. The Morgan fingerprint density at radius 1 is 1.09 bits per heavy atom. The molecule has 0 aliphatic carbocycles. The van der Waals surface area contributed by atoms with Crippen LogP contribution in [0.4, 0.5) is 8.78 Å². The van der Waals surface area contributed by atoms with Gasteiger partial charge in [-0.25, -0.2) is 8.78 Å². The van der Waals surface area contributed by atoms with E-state index in [2.05, 4.69) is 5.32 Å². The van der Waals surface area contributed by atoms with Crippen LogP contribution < -0.4 is 5.32 Å². The first kappa shape index (κ1) is 15.9. The van der Waals surface area contributed by atoms with Crippen LogP contribution in [0.25, 0.3) is 0 Å². The summed E-state index contributed by atoms with van der Waals surface area (Å²) in [4.78, 5) is 27.9. The smallest absolute Gasteiger partial charge is 0.256 e. The molecule has 0 unspecified atom stereocenters. The fraction of sp³-hybridized carbons (Fsp3) is 0.500. The molecule has 2 fully saturated rings. The molecule has 2 aliphatic heterocycles. The van der Waals surface area contributed by atoms with Crippen molar-refractivity contribution in [2.45, 2.75) is 18.9 Å². The summed E-state index contributed by atoms with van der Waals surface area (Å²) in [6.45, 7) is 2.44. The topological polar surface area (TPSA) is 52.7 Å². The summed E-state index contributed by atoms with van der Waals surface area (Å²) >= 11 is 0. The minimum absolute atomic E-state index is 0.0718. The van der Waals surface area contributed by atoms with Crippen molar-refractivity contribution in [3.05, 3.63) is 35.4 Å². The predicted octanol–water partition coefficient (Wildman–Crippen LogP) is 1.00. The van der Waals surface area contributed by atoms with Gasteiger partial charge in [0.05, 0.1) is 11.6 Å². The van der Waals surface area contributed by atoms with E-state index < -0.39 is 17.5 Å². The summed E-state index contributed by atoms with van der Waals surface area (Å²) in [5, 5.41) is 3.17. The quantitative estimate of drug-likeness (QED) is 0.883. The summed E-state index contributed by atoms with van der Waals surface area (Å²) in [5.41, 5.74) is -0.136. The number of hydrogen-bond donors (Lipinski definition) is 1. The average Bonchev–Trinajstić information content (AvgIpc) is 3.08. The molecule has 2 aliphatic rings. The van der Waals surface area contributed by atoms with E-state index in [1.54, 1.807) is 4.90 Å². The van der Waals surface area contributed by atoms with Gasteiger partial charge in [0, 0.05) is 32.2 Å². The highest BCUT2D eigenvalue weighted by Gasteiger charge is 2.31. The van der Waals surface area contributed by atoms with E-state index in [0.29, 0.717) is 32.2 Å². The highest BCUT2D eigenvalue weighted by atomic mass is 19.1. The van der Waals surface area contributed by atoms with Crippen molar-refractivity contribution in [2.24, 2.45) is 0 Å². The van der Waals surface area contributed by atoms with Crippen molar-refractivity contribution < 1.29 is 18.4 Å². The maximum Gasteiger partial charge on any atom is 0.256 e. The van der Waals surface area contributed by atoms with E-state index in [1.807, 2.05) is 0 Å². The predicted molar refractivity (Wildman–Crippen MR) is 79.9 cm³/mol. The van der Waals surface area contributed by atoms with Crippen LogP contribution in [0.1, 0.15) is 23.2 Å². The number of hydrogen-bond acceptors (Lipinski definition) is 3. The molecule has 0 bridgehead atoms. The molecule has 0 saturated carbocycles.